The highest BCUT2D eigenvalue weighted by molar-refractivity contribution is 5.93. The van der Waals surface area contributed by atoms with Gasteiger partial charge < -0.3 is 40.3 Å². The minimum absolute atomic E-state index is 0.00991. The fourth-order valence-corrected chi connectivity index (χ4v) is 7.13. The Bertz CT molecular complexity index is 1250. The van der Waals surface area contributed by atoms with Gasteiger partial charge in [-0.15, -0.1) is 0 Å². The number of hydrogen-bond acceptors (Lipinski definition) is 7. The van der Waals surface area contributed by atoms with Crippen molar-refractivity contribution >= 4 is 35.5 Å². The van der Waals surface area contributed by atoms with Crippen molar-refractivity contribution in [2.24, 2.45) is 0 Å². The second-order valence-corrected chi connectivity index (χ2v) is 12.8. The quantitative estimate of drug-likeness (QED) is 0.353. The van der Waals surface area contributed by atoms with Crippen molar-refractivity contribution in [3.63, 3.8) is 0 Å². The molecular formula is C33H49N7O6. The number of rotatable bonds is 9. The van der Waals surface area contributed by atoms with Gasteiger partial charge in [-0.3, -0.25) is 9.59 Å². The predicted molar refractivity (Wildman–Crippen MR) is 172 cm³/mol. The summed E-state index contributed by atoms with van der Waals surface area (Å²) in [4.78, 5) is 73.1. The number of nitrogens with one attached hydrogen (secondary N) is 3. The zero-order chi connectivity index (χ0) is 32.6. The molecule has 252 valence electrons. The summed E-state index contributed by atoms with van der Waals surface area (Å²) >= 11 is 0. The molecule has 6 amide bonds. The SMILES string of the molecule is CCOC(=O)C(C)NC(=O)N[C@@H](CC(=O)N1CCC(N2Cc3ccccc3NC2=O)CC1)C(=O)N1CCC(N2CCCCC2)CC1. The van der Waals surface area contributed by atoms with Crippen molar-refractivity contribution in [1.29, 1.82) is 0 Å². The van der Waals surface area contributed by atoms with E-state index in [9.17, 15) is 24.0 Å². The monoisotopic (exact) mass is 639 g/mol. The minimum Gasteiger partial charge on any atom is -0.464 e. The zero-order valence-corrected chi connectivity index (χ0v) is 27.2. The van der Waals surface area contributed by atoms with E-state index >= 15 is 0 Å². The van der Waals surface area contributed by atoms with Crippen LogP contribution in [0.2, 0.25) is 0 Å². The second kappa shape index (κ2) is 15.6. The number of anilines is 1. The molecule has 4 heterocycles. The van der Waals surface area contributed by atoms with Crippen LogP contribution in [0.4, 0.5) is 15.3 Å². The van der Waals surface area contributed by atoms with Gasteiger partial charge in [0, 0.05) is 50.5 Å². The molecule has 3 N–H and O–H groups in total. The number of amides is 6. The predicted octanol–water partition coefficient (Wildman–Crippen LogP) is 2.51. The molecule has 4 aliphatic heterocycles. The van der Waals surface area contributed by atoms with Crippen LogP contribution in [0.3, 0.4) is 0 Å². The van der Waals surface area contributed by atoms with E-state index in [0.29, 0.717) is 51.6 Å². The molecule has 46 heavy (non-hydrogen) atoms. The van der Waals surface area contributed by atoms with Gasteiger partial charge in [0.1, 0.15) is 12.1 Å². The van der Waals surface area contributed by atoms with Crippen molar-refractivity contribution in [2.45, 2.75) is 95.9 Å². The molecular weight excluding hydrogens is 590 g/mol. The average Bonchev–Trinajstić information content (AvgIpc) is 3.08. The Morgan fingerprint density at radius 2 is 1.54 bits per heavy atom. The summed E-state index contributed by atoms with van der Waals surface area (Å²) in [6, 6.07) is 5.36. The number of hydrogen-bond donors (Lipinski definition) is 3. The zero-order valence-electron chi connectivity index (χ0n) is 27.2. The summed E-state index contributed by atoms with van der Waals surface area (Å²) < 4.78 is 4.98. The summed E-state index contributed by atoms with van der Waals surface area (Å²) in [5, 5.41) is 8.20. The van der Waals surface area contributed by atoms with Gasteiger partial charge in [-0.25, -0.2) is 14.4 Å². The summed E-state index contributed by atoms with van der Waals surface area (Å²) in [6.07, 6.45) is 6.47. The largest absolute Gasteiger partial charge is 0.464 e. The lowest BCUT2D eigenvalue weighted by Gasteiger charge is -2.41. The molecule has 0 bridgehead atoms. The van der Waals surface area contributed by atoms with Crippen LogP contribution >= 0.6 is 0 Å². The molecule has 0 spiro atoms. The number of urea groups is 2. The van der Waals surface area contributed by atoms with E-state index in [1.54, 1.807) is 16.7 Å². The van der Waals surface area contributed by atoms with Crippen LogP contribution in [0.1, 0.15) is 70.8 Å². The lowest BCUT2D eigenvalue weighted by atomic mass is 9.98. The van der Waals surface area contributed by atoms with Crippen molar-refractivity contribution in [3.05, 3.63) is 29.8 Å². The fourth-order valence-electron chi connectivity index (χ4n) is 7.13. The molecule has 2 atom stereocenters. The Labute approximate surface area is 271 Å². The molecule has 0 aromatic heterocycles. The second-order valence-electron chi connectivity index (χ2n) is 12.8. The number of likely N-dealkylation sites (tertiary alicyclic amines) is 3. The van der Waals surface area contributed by atoms with Crippen LogP contribution in [0, 0.1) is 0 Å². The van der Waals surface area contributed by atoms with Crippen molar-refractivity contribution in [2.75, 3.05) is 51.2 Å². The fraction of sp³-hybridized carbons (Fsp3) is 0.667. The number of para-hydroxylation sites is 1. The highest BCUT2D eigenvalue weighted by atomic mass is 16.5. The molecule has 4 aliphatic rings. The van der Waals surface area contributed by atoms with Crippen LogP contribution < -0.4 is 16.0 Å². The lowest BCUT2D eigenvalue weighted by molar-refractivity contribution is -0.144. The van der Waals surface area contributed by atoms with Gasteiger partial charge >= 0.3 is 18.0 Å². The topological polar surface area (TPSA) is 144 Å². The maximum Gasteiger partial charge on any atom is 0.328 e. The summed E-state index contributed by atoms with van der Waals surface area (Å²) in [6.45, 7) is 8.13. The third-order valence-corrected chi connectivity index (χ3v) is 9.77. The van der Waals surface area contributed by atoms with Gasteiger partial charge in [0.25, 0.3) is 0 Å². The van der Waals surface area contributed by atoms with Crippen LogP contribution in [-0.2, 0) is 25.7 Å². The first-order chi connectivity index (χ1) is 22.2. The smallest absolute Gasteiger partial charge is 0.328 e. The third kappa shape index (κ3) is 8.28. The number of benzene rings is 1. The molecule has 1 aromatic carbocycles. The van der Waals surface area contributed by atoms with Gasteiger partial charge in [-0.2, -0.15) is 0 Å². The van der Waals surface area contributed by atoms with Crippen LogP contribution in [-0.4, -0.2) is 119 Å². The molecule has 0 saturated carbocycles. The molecule has 13 nitrogen and oxygen atoms in total. The number of fused-ring (bicyclic) bond motifs is 1. The van der Waals surface area contributed by atoms with Crippen LogP contribution in [0.15, 0.2) is 24.3 Å². The van der Waals surface area contributed by atoms with E-state index in [0.717, 1.165) is 37.2 Å². The molecule has 13 heteroatoms. The van der Waals surface area contributed by atoms with Gasteiger partial charge in [-0.05, 0) is 77.1 Å². The number of esters is 1. The number of carbonyl (C=O) groups is 5. The highest BCUT2D eigenvalue weighted by Crippen LogP contribution is 2.28. The van der Waals surface area contributed by atoms with Gasteiger partial charge in [-0.1, -0.05) is 24.6 Å². The van der Waals surface area contributed by atoms with Gasteiger partial charge in [0.05, 0.1) is 13.0 Å². The standard InChI is InChI=1S/C33H49N7O6/c1-3-46-31(43)23(2)34-32(44)35-28(30(42)39-19-11-25(12-20-39)37-15-7-4-8-16-37)21-29(41)38-17-13-26(14-18-38)40-22-24-9-5-6-10-27(24)36-33(40)45/h5-6,9-10,23,25-26,28H,3-4,7-8,11-22H2,1-2H3,(H,36,45)(H2,34,35,44)/t23?,28-/m0/s1. The number of piperidine rings is 3. The van der Waals surface area contributed by atoms with E-state index in [2.05, 4.69) is 20.9 Å². The molecule has 0 aliphatic carbocycles. The molecule has 0 radical (unpaired) electrons. The molecule has 1 unspecified atom stereocenters. The van der Waals surface area contributed by atoms with E-state index in [-0.39, 0.29) is 36.9 Å². The number of ether oxygens (including phenoxy) is 1. The van der Waals surface area contributed by atoms with E-state index in [4.69, 9.17) is 4.74 Å². The third-order valence-electron chi connectivity index (χ3n) is 9.77. The lowest BCUT2D eigenvalue weighted by Crippen LogP contribution is -2.57. The Morgan fingerprint density at radius 1 is 0.891 bits per heavy atom. The van der Waals surface area contributed by atoms with Crippen LogP contribution in [0.5, 0.6) is 0 Å². The molecule has 3 fully saturated rings. The number of carbonyl (C=O) groups excluding carboxylic acids is 5. The average molecular weight is 640 g/mol. The molecule has 5 rings (SSSR count). The van der Waals surface area contributed by atoms with Crippen molar-refractivity contribution < 1.29 is 28.7 Å². The maximum absolute atomic E-state index is 13.8. The first-order valence-electron chi connectivity index (χ1n) is 16.9. The summed E-state index contributed by atoms with van der Waals surface area (Å²) in [7, 11) is 0. The summed E-state index contributed by atoms with van der Waals surface area (Å²) in [5.41, 5.74) is 1.89. The van der Waals surface area contributed by atoms with Crippen LogP contribution in [0.25, 0.3) is 0 Å². The normalized spacial score (nSPS) is 21.1. The first kappa shape index (κ1) is 33.5. The Morgan fingerprint density at radius 3 is 2.24 bits per heavy atom. The van der Waals surface area contributed by atoms with Crippen molar-refractivity contribution in [3.8, 4) is 0 Å². The highest BCUT2D eigenvalue weighted by Gasteiger charge is 2.36. The first-order valence-corrected chi connectivity index (χ1v) is 16.9. The van der Waals surface area contributed by atoms with E-state index < -0.39 is 24.1 Å². The Kier molecular flexibility index (Phi) is 11.4. The van der Waals surface area contributed by atoms with Gasteiger partial charge in [0.15, 0.2) is 0 Å². The number of nitrogens with zero attached hydrogens (tertiary/aromatic N) is 4. The Balaban J connectivity index is 1.18. The molecule has 1 aromatic rings. The van der Waals surface area contributed by atoms with Crippen molar-refractivity contribution in [1.82, 2.24) is 30.2 Å². The minimum atomic E-state index is -1.07. The van der Waals surface area contributed by atoms with E-state index in [1.165, 1.54) is 26.2 Å². The van der Waals surface area contributed by atoms with Gasteiger partial charge in [0.2, 0.25) is 11.8 Å². The van der Waals surface area contributed by atoms with E-state index in [1.807, 2.05) is 29.2 Å². The Hall–Kier alpha value is -3.87. The molecule has 3 saturated heterocycles. The maximum atomic E-state index is 13.8. The summed E-state index contributed by atoms with van der Waals surface area (Å²) in [5.74, 6) is -1.10.